The number of hydrogen-bond donors (Lipinski definition) is 2. The summed E-state index contributed by atoms with van der Waals surface area (Å²) in [5, 5.41) is 6.05. The van der Waals surface area contributed by atoms with E-state index in [2.05, 4.69) is 10.6 Å². The second-order valence-electron chi connectivity index (χ2n) is 4.49. The quantitative estimate of drug-likeness (QED) is 0.793. The first kappa shape index (κ1) is 11.1. The number of hydrogen-bond acceptors (Lipinski definition) is 2. The first-order valence-corrected chi connectivity index (χ1v) is 5.81. The van der Waals surface area contributed by atoms with Crippen molar-refractivity contribution in [2.24, 2.45) is 5.92 Å². The van der Waals surface area contributed by atoms with Crippen LogP contribution in [0.5, 0.6) is 0 Å². The fourth-order valence-electron chi connectivity index (χ4n) is 1.64. The largest absolute Gasteiger partial charge is 0.325 e. The van der Waals surface area contributed by atoms with Crippen LogP contribution < -0.4 is 10.6 Å². The van der Waals surface area contributed by atoms with E-state index in [1.165, 1.54) is 12.8 Å². The zero-order valence-electron chi connectivity index (χ0n) is 9.62. The molecule has 1 aliphatic carbocycles. The summed E-state index contributed by atoms with van der Waals surface area (Å²) in [6, 6.07) is 7.84. The highest BCUT2D eigenvalue weighted by Crippen LogP contribution is 2.27. The SMILES string of the molecule is Cc1cccc(NC(=O)CNCC2CC2)c1. The molecule has 1 aliphatic rings. The van der Waals surface area contributed by atoms with Gasteiger partial charge in [-0.05, 0) is 49.9 Å². The predicted molar refractivity (Wildman–Crippen MR) is 65.4 cm³/mol. The van der Waals surface area contributed by atoms with Crippen molar-refractivity contribution in [2.75, 3.05) is 18.4 Å². The molecule has 0 radical (unpaired) electrons. The average molecular weight is 218 g/mol. The Morgan fingerprint density at radius 1 is 1.44 bits per heavy atom. The Balaban J connectivity index is 1.73. The Morgan fingerprint density at radius 2 is 2.25 bits per heavy atom. The normalized spacial score (nSPS) is 14.8. The van der Waals surface area contributed by atoms with E-state index in [0.29, 0.717) is 6.54 Å². The van der Waals surface area contributed by atoms with Gasteiger partial charge in [-0.15, -0.1) is 0 Å². The minimum absolute atomic E-state index is 0.0336. The van der Waals surface area contributed by atoms with Crippen LogP contribution in [0.1, 0.15) is 18.4 Å². The molecule has 1 aromatic rings. The molecule has 0 unspecified atom stereocenters. The Hall–Kier alpha value is -1.35. The monoisotopic (exact) mass is 218 g/mol. The van der Waals surface area contributed by atoms with Gasteiger partial charge in [-0.3, -0.25) is 4.79 Å². The minimum Gasteiger partial charge on any atom is -0.325 e. The molecule has 16 heavy (non-hydrogen) atoms. The number of anilines is 1. The van der Waals surface area contributed by atoms with E-state index in [1.54, 1.807) is 0 Å². The van der Waals surface area contributed by atoms with Crippen LogP contribution in [0.2, 0.25) is 0 Å². The van der Waals surface area contributed by atoms with Crippen LogP contribution in [0.3, 0.4) is 0 Å². The van der Waals surface area contributed by atoms with Crippen molar-refractivity contribution in [3.05, 3.63) is 29.8 Å². The fraction of sp³-hybridized carbons (Fsp3) is 0.462. The van der Waals surface area contributed by atoms with Crippen molar-refractivity contribution in [1.29, 1.82) is 0 Å². The molecule has 1 fully saturated rings. The van der Waals surface area contributed by atoms with Crippen molar-refractivity contribution in [3.8, 4) is 0 Å². The zero-order valence-corrected chi connectivity index (χ0v) is 9.62. The van der Waals surface area contributed by atoms with Crippen LogP contribution in [0.25, 0.3) is 0 Å². The van der Waals surface area contributed by atoms with Gasteiger partial charge >= 0.3 is 0 Å². The second kappa shape index (κ2) is 5.12. The first-order chi connectivity index (χ1) is 7.74. The molecule has 2 rings (SSSR count). The first-order valence-electron chi connectivity index (χ1n) is 5.81. The topological polar surface area (TPSA) is 41.1 Å². The molecule has 0 aromatic heterocycles. The van der Waals surface area contributed by atoms with Crippen molar-refractivity contribution in [3.63, 3.8) is 0 Å². The van der Waals surface area contributed by atoms with Gasteiger partial charge in [-0.2, -0.15) is 0 Å². The Labute approximate surface area is 96.2 Å². The van der Waals surface area contributed by atoms with Gasteiger partial charge < -0.3 is 10.6 Å². The maximum absolute atomic E-state index is 11.6. The summed E-state index contributed by atoms with van der Waals surface area (Å²) in [4.78, 5) is 11.6. The molecular formula is C13H18N2O. The van der Waals surface area contributed by atoms with Gasteiger partial charge in [-0.25, -0.2) is 0 Å². The minimum atomic E-state index is 0.0336. The lowest BCUT2D eigenvalue weighted by Crippen LogP contribution is -2.29. The van der Waals surface area contributed by atoms with Crippen LogP contribution >= 0.6 is 0 Å². The number of nitrogens with one attached hydrogen (secondary N) is 2. The fourth-order valence-corrected chi connectivity index (χ4v) is 1.64. The number of aryl methyl sites for hydroxylation is 1. The summed E-state index contributed by atoms with van der Waals surface area (Å²) in [6.45, 7) is 3.40. The highest BCUT2D eigenvalue weighted by molar-refractivity contribution is 5.92. The third-order valence-electron chi connectivity index (χ3n) is 2.72. The highest BCUT2D eigenvalue weighted by atomic mass is 16.1. The van der Waals surface area contributed by atoms with E-state index in [-0.39, 0.29) is 5.91 Å². The molecule has 0 saturated heterocycles. The predicted octanol–water partition coefficient (Wildman–Crippen LogP) is 1.93. The molecule has 2 N–H and O–H groups in total. The Kier molecular flexibility index (Phi) is 3.57. The second-order valence-corrected chi connectivity index (χ2v) is 4.49. The molecule has 0 spiro atoms. The molecule has 1 amide bonds. The molecule has 0 aliphatic heterocycles. The number of amides is 1. The lowest BCUT2D eigenvalue weighted by Gasteiger charge is -2.06. The number of carbonyl (C=O) groups is 1. The highest BCUT2D eigenvalue weighted by Gasteiger charge is 2.20. The summed E-state index contributed by atoms with van der Waals surface area (Å²) in [7, 11) is 0. The summed E-state index contributed by atoms with van der Waals surface area (Å²) in [5.41, 5.74) is 2.03. The van der Waals surface area contributed by atoms with Gasteiger partial charge in [0, 0.05) is 5.69 Å². The van der Waals surface area contributed by atoms with E-state index < -0.39 is 0 Å². The van der Waals surface area contributed by atoms with Gasteiger partial charge in [0.25, 0.3) is 0 Å². The lowest BCUT2D eigenvalue weighted by atomic mass is 10.2. The molecule has 1 aromatic carbocycles. The summed E-state index contributed by atoms with van der Waals surface area (Å²) in [6.07, 6.45) is 2.62. The Bertz CT molecular complexity index is 372. The molecule has 3 heteroatoms. The van der Waals surface area contributed by atoms with E-state index in [0.717, 1.165) is 23.7 Å². The molecule has 0 heterocycles. The van der Waals surface area contributed by atoms with Crippen LogP contribution in [-0.2, 0) is 4.79 Å². The van der Waals surface area contributed by atoms with Crippen LogP contribution in [0.4, 0.5) is 5.69 Å². The van der Waals surface area contributed by atoms with Gasteiger partial charge in [0.2, 0.25) is 5.91 Å². The van der Waals surface area contributed by atoms with Crippen molar-refractivity contribution in [1.82, 2.24) is 5.32 Å². The van der Waals surface area contributed by atoms with Gasteiger partial charge in [0.05, 0.1) is 6.54 Å². The van der Waals surface area contributed by atoms with Gasteiger partial charge in [0.1, 0.15) is 0 Å². The molecular weight excluding hydrogens is 200 g/mol. The van der Waals surface area contributed by atoms with E-state index >= 15 is 0 Å². The van der Waals surface area contributed by atoms with Gasteiger partial charge in [0.15, 0.2) is 0 Å². The van der Waals surface area contributed by atoms with Crippen LogP contribution in [-0.4, -0.2) is 19.0 Å². The average Bonchev–Trinajstić information content (AvgIpc) is 3.01. The third kappa shape index (κ3) is 3.66. The van der Waals surface area contributed by atoms with Gasteiger partial charge in [-0.1, -0.05) is 12.1 Å². The van der Waals surface area contributed by atoms with E-state index in [1.807, 2.05) is 31.2 Å². The van der Waals surface area contributed by atoms with E-state index in [4.69, 9.17) is 0 Å². The molecule has 1 saturated carbocycles. The van der Waals surface area contributed by atoms with E-state index in [9.17, 15) is 4.79 Å². The Morgan fingerprint density at radius 3 is 2.94 bits per heavy atom. The van der Waals surface area contributed by atoms with Crippen molar-refractivity contribution < 1.29 is 4.79 Å². The standard InChI is InChI=1S/C13H18N2O/c1-10-3-2-4-12(7-10)15-13(16)9-14-8-11-5-6-11/h2-4,7,11,14H,5-6,8-9H2,1H3,(H,15,16). The third-order valence-corrected chi connectivity index (χ3v) is 2.72. The van der Waals surface area contributed by atoms with Crippen LogP contribution in [0.15, 0.2) is 24.3 Å². The van der Waals surface area contributed by atoms with Crippen molar-refractivity contribution in [2.45, 2.75) is 19.8 Å². The molecule has 3 nitrogen and oxygen atoms in total. The molecule has 0 atom stereocenters. The summed E-state index contributed by atoms with van der Waals surface area (Å²) in [5.74, 6) is 0.845. The lowest BCUT2D eigenvalue weighted by molar-refractivity contribution is -0.115. The maximum atomic E-state index is 11.6. The molecule has 0 bridgehead atoms. The smallest absolute Gasteiger partial charge is 0.238 e. The number of rotatable bonds is 5. The zero-order chi connectivity index (χ0) is 11.4. The summed E-state index contributed by atoms with van der Waals surface area (Å²) < 4.78 is 0. The molecule has 86 valence electrons. The maximum Gasteiger partial charge on any atom is 0.238 e. The van der Waals surface area contributed by atoms with Crippen LogP contribution in [0, 0.1) is 12.8 Å². The summed E-state index contributed by atoms with van der Waals surface area (Å²) >= 11 is 0. The number of carbonyl (C=O) groups excluding carboxylic acids is 1. The number of benzene rings is 1. The van der Waals surface area contributed by atoms with Crippen molar-refractivity contribution >= 4 is 11.6 Å².